The summed E-state index contributed by atoms with van der Waals surface area (Å²) in [5, 5.41) is 0.458. The molecule has 0 aromatic heterocycles. The zero-order valence-corrected chi connectivity index (χ0v) is 12.3. The summed E-state index contributed by atoms with van der Waals surface area (Å²) in [4.78, 5) is 0.163. The zero-order chi connectivity index (χ0) is 13.3. The maximum absolute atomic E-state index is 12.3. The number of hydrogen-bond acceptors (Lipinski definition) is 2. The van der Waals surface area contributed by atoms with Gasteiger partial charge >= 0.3 is 0 Å². The number of alkyl halides is 1. The van der Waals surface area contributed by atoms with Crippen LogP contribution in [0.1, 0.15) is 12.8 Å². The molecule has 1 aromatic rings. The molecule has 1 saturated carbocycles. The Kier molecular flexibility index (Phi) is 4.22. The van der Waals surface area contributed by atoms with Crippen LogP contribution in [0.25, 0.3) is 0 Å². The van der Waals surface area contributed by atoms with Crippen LogP contribution < -0.4 is 0 Å². The molecule has 1 aliphatic rings. The summed E-state index contributed by atoms with van der Waals surface area (Å²) in [7, 11) is -1.92. The Balaban J connectivity index is 2.13. The van der Waals surface area contributed by atoms with Gasteiger partial charge in [0.15, 0.2) is 0 Å². The predicted molar refractivity (Wildman–Crippen MR) is 73.6 cm³/mol. The molecule has 6 heteroatoms. The van der Waals surface area contributed by atoms with Crippen molar-refractivity contribution in [2.75, 3.05) is 13.6 Å². The van der Waals surface area contributed by atoms with Crippen LogP contribution in [0.4, 0.5) is 0 Å². The largest absolute Gasteiger partial charge is 0.244 e. The lowest BCUT2D eigenvalue weighted by molar-refractivity contribution is 0.268. The van der Waals surface area contributed by atoms with E-state index in [4.69, 9.17) is 23.2 Å². The highest BCUT2D eigenvalue weighted by atomic mass is 35.5. The first kappa shape index (κ1) is 14.1. The summed E-state index contributed by atoms with van der Waals surface area (Å²) in [5.74, 6) is 0.356. The fraction of sp³-hybridized carbons (Fsp3) is 0.500. The Labute approximate surface area is 118 Å². The van der Waals surface area contributed by atoms with Crippen LogP contribution >= 0.6 is 23.2 Å². The first-order chi connectivity index (χ1) is 8.41. The number of rotatable bonds is 4. The van der Waals surface area contributed by atoms with Crippen LogP contribution in [0, 0.1) is 5.92 Å². The van der Waals surface area contributed by atoms with Gasteiger partial charge in [-0.15, -0.1) is 11.6 Å². The molecule has 0 spiro atoms. The van der Waals surface area contributed by atoms with E-state index in [0.29, 0.717) is 12.5 Å². The smallest absolute Gasteiger partial charge is 0.207 e. The average molecular weight is 308 g/mol. The monoisotopic (exact) mass is 307 g/mol. The van der Waals surface area contributed by atoms with E-state index >= 15 is 0 Å². The summed E-state index contributed by atoms with van der Waals surface area (Å²) < 4.78 is 26.0. The number of hydrogen-bond donors (Lipinski definition) is 0. The Morgan fingerprint density at radius 1 is 1.33 bits per heavy atom. The van der Waals surface area contributed by atoms with E-state index in [9.17, 15) is 8.42 Å². The van der Waals surface area contributed by atoms with E-state index in [2.05, 4.69) is 0 Å². The molecule has 0 atom stereocenters. The molecule has 0 saturated heterocycles. The predicted octanol–water partition coefficient (Wildman–Crippen LogP) is 2.98. The Morgan fingerprint density at radius 2 is 1.94 bits per heavy atom. The van der Waals surface area contributed by atoms with Crippen molar-refractivity contribution in [2.45, 2.75) is 23.1 Å². The SMILES string of the molecule is CN(CC1CC(Cl)C1)S(=O)(=O)c1ccccc1Cl. The molecule has 0 heterocycles. The minimum absolute atomic E-state index is 0.163. The van der Waals surface area contributed by atoms with Crippen LogP contribution in [0.2, 0.25) is 5.02 Å². The van der Waals surface area contributed by atoms with Crippen molar-refractivity contribution >= 4 is 33.2 Å². The van der Waals surface area contributed by atoms with Gasteiger partial charge in [-0.2, -0.15) is 0 Å². The number of nitrogens with zero attached hydrogens (tertiary/aromatic N) is 1. The van der Waals surface area contributed by atoms with Gasteiger partial charge in [0, 0.05) is 19.0 Å². The van der Waals surface area contributed by atoms with Crippen LogP contribution in [0.3, 0.4) is 0 Å². The molecule has 18 heavy (non-hydrogen) atoms. The maximum Gasteiger partial charge on any atom is 0.244 e. The van der Waals surface area contributed by atoms with E-state index in [0.717, 1.165) is 12.8 Å². The molecule has 0 bridgehead atoms. The van der Waals surface area contributed by atoms with Gasteiger partial charge in [0.05, 0.1) is 5.02 Å². The lowest BCUT2D eigenvalue weighted by Gasteiger charge is -2.33. The van der Waals surface area contributed by atoms with Gasteiger partial charge in [-0.1, -0.05) is 23.7 Å². The lowest BCUT2D eigenvalue weighted by Crippen LogP contribution is -2.38. The van der Waals surface area contributed by atoms with Gasteiger partial charge in [0.1, 0.15) is 4.90 Å². The van der Waals surface area contributed by atoms with E-state index in [1.54, 1.807) is 25.2 Å². The number of sulfonamides is 1. The van der Waals surface area contributed by atoms with E-state index in [1.807, 2.05) is 0 Å². The third kappa shape index (κ3) is 2.82. The van der Waals surface area contributed by atoms with Gasteiger partial charge in [-0.05, 0) is 30.9 Å². The van der Waals surface area contributed by atoms with Crippen molar-refractivity contribution in [1.29, 1.82) is 0 Å². The fourth-order valence-corrected chi connectivity index (χ4v) is 4.33. The fourth-order valence-electron chi connectivity index (χ4n) is 2.09. The molecule has 2 rings (SSSR count). The minimum atomic E-state index is -3.50. The standard InChI is InChI=1S/C12H15Cl2NO2S/c1-15(8-9-6-10(13)7-9)18(16,17)12-5-3-2-4-11(12)14/h2-5,9-10H,6-8H2,1H3. The molecule has 0 aliphatic heterocycles. The highest BCUT2D eigenvalue weighted by molar-refractivity contribution is 7.89. The summed E-state index contributed by atoms with van der Waals surface area (Å²) in [5.41, 5.74) is 0. The molecule has 0 unspecified atom stereocenters. The van der Waals surface area contributed by atoms with Crippen molar-refractivity contribution in [2.24, 2.45) is 5.92 Å². The molecule has 1 aliphatic carbocycles. The Hall–Kier alpha value is -0.290. The first-order valence-corrected chi connectivity index (χ1v) is 8.01. The normalized spacial score (nSPS) is 24.0. The number of benzene rings is 1. The second kappa shape index (κ2) is 5.37. The minimum Gasteiger partial charge on any atom is -0.207 e. The summed E-state index contributed by atoms with van der Waals surface area (Å²) in [6.07, 6.45) is 1.76. The van der Waals surface area contributed by atoms with Crippen LogP contribution in [0.15, 0.2) is 29.2 Å². The van der Waals surface area contributed by atoms with Crippen molar-refractivity contribution in [1.82, 2.24) is 4.31 Å². The summed E-state index contributed by atoms with van der Waals surface area (Å²) >= 11 is 11.8. The molecule has 0 N–H and O–H groups in total. The highest BCUT2D eigenvalue weighted by Crippen LogP contribution is 2.33. The van der Waals surface area contributed by atoms with Crippen molar-refractivity contribution < 1.29 is 8.42 Å². The van der Waals surface area contributed by atoms with Crippen LogP contribution in [0.5, 0.6) is 0 Å². The van der Waals surface area contributed by atoms with Crippen LogP contribution in [-0.4, -0.2) is 31.7 Å². The third-order valence-corrected chi connectivity index (χ3v) is 5.90. The topological polar surface area (TPSA) is 37.4 Å². The molecule has 0 radical (unpaired) electrons. The molecule has 100 valence electrons. The van der Waals surface area contributed by atoms with Crippen molar-refractivity contribution in [3.63, 3.8) is 0 Å². The van der Waals surface area contributed by atoms with Gasteiger partial charge < -0.3 is 0 Å². The highest BCUT2D eigenvalue weighted by Gasteiger charge is 2.32. The zero-order valence-electron chi connectivity index (χ0n) is 10.0. The average Bonchev–Trinajstić information content (AvgIpc) is 2.27. The van der Waals surface area contributed by atoms with Crippen molar-refractivity contribution in [3.05, 3.63) is 29.3 Å². The number of halogens is 2. The van der Waals surface area contributed by atoms with E-state index < -0.39 is 10.0 Å². The third-order valence-electron chi connectivity index (χ3n) is 3.22. The quantitative estimate of drug-likeness (QED) is 0.802. The summed E-state index contributed by atoms with van der Waals surface area (Å²) in [6, 6.07) is 6.50. The lowest BCUT2D eigenvalue weighted by atomic mass is 9.85. The van der Waals surface area contributed by atoms with Gasteiger partial charge in [-0.3, -0.25) is 0 Å². The van der Waals surface area contributed by atoms with E-state index in [-0.39, 0.29) is 15.3 Å². The molecule has 3 nitrogen and oxygen atoms in total. The van der Waals surface area contributed by atoms with Crippen LogP contribution in [-0.2, 0) is 10.0 Å². The van der Waals surface area contributed by atoms with Gasteiger partial charge in [-0.25, -0.2) is 12.7 Å². The molecular weight excluding hydrogens is 293 g/mol. The second-order valence-corrected chi connectivity index (χ2v) is 7.69. The van der Waals surface area contributed by atoms with Gasteiger partial charge in [0.25, 0.3) is 0 Å². The molecule has 1 fully saturated rings. The van der Waals surface area contributed by atoms with Crippen molar-refractivity contribution in [3.8, 4) is 0 Å². The summed E-state index contributed by atoms with van der Waals surface area (Å²) in [6.45, 7) is 0.497. The maximum atomic E-state index is 12.3. The second-order valence-electron chi connectivity index (χ2n) is 4.65. The first-order valence-electron chi connectivity index (χ1n) is 5.76. The Bertz CT molecular complexity index is 527. The molecule has 0 amide bonds. The van der Waals surface area contributed by atoms with E-state index in [1.165, 1.54) is 10.4 Å². The molecule has 1 aromatic carbocycles. The molecular formula is C12H15Cl2NO2S. The Morgan fingerprint density at radius 3 is 2.50 bits per heavy atom. The van der Waals surface area contributed by atoms with Gasteiger partial charge in [0.2, 0.25) is 10.0 Å².